The van der Waals surface area contributed by atoms with Gasteiger partial charge in [-0.15, -0.1) is 0 Å². The van der Waals surface area contributed by atoms with E-state index in [0.717, 1.165) is 19.1 Å². The van der Waals surface area contributed by atoms with Crippen LogP contribution >= 0.6 is 0 Å². The van der Waals surface area contributed by atoms with E-state index < -0.39 is 0 Å². The van der Waals surface area contributed by atoms with Crippen LogP contribution in [0.4, 0.5) is 0 Å². The monoisotopic (exact) mass is 126 g/mol. The maximum Gasteiger partial charge on any atom is 0.123 e. The fourth-order valence-corrected chi connectivity index (χ4v) is 0.629. The Kier molecular flexibility index (Phi) is 5.18. The van der Waals surface area contributed by atoms with Gasteiger partial charge in [0.1, 0.15) is 6.29 Å². The van der Waals surface area contributed by atoms with E-state index in [-0.39, 0.29) is 5.92 Å². The SMILES string of the molecule is C/C=C/CC(C=O)CC. The fraction of sp³-hybridized carbons (Fsp3) is 0.625. The lowest BCUT2D eigenvalue weighted by molar-refractivity contribution is -0.111. The van der Waals surface area contributed by atoms with Gasteiger partial charge in [0, 0.05) is 5.92 Å². The molecule has 0 aromatic carbocycles. The highest BCUT2D eigenvalue weighted by atomic mass is 16.1. The van der Waals surface area contributed by atoms with Crippen molar-refractivity contribution in [3.8, 4) is 0 Å². The molecule has 0 saturated carbocycles. The lowest BCUT2D eigenvalue weighted by Crippen LogP contribution is -1.96. The molecule has 1 unspecified atom stereocenters. The Morgan fingerprint density at radius 2 is 2.22 bits per heavy atom. The molecule has 1 heteroatoms. The summed E-state index contributed by atoms with van der Waals surface area (Å²) in [7, 11) is 0. The van der Waals surface area contributed by atoms with Gasteiger partial charge < -0.3 is 4.79 Å². The quantitative estimate of drug-likeness (QED) is 0.417. The summed E-state index contributed by atoms with van der Waals surface area (Å²) >= 11 is 0. The summed E-state index contributed by atoms with van der Waals surface area (Å²) in [6.07, 6.45) is 6.89. The second-order valence-corrected chi connectivity index (χ2v) is 2.11. The predicted octanol–water partition coefficient (Wildman–Crippen LogP) is 2.18. The summed E-state index contributed by atoms with van der Waals surface area (Å²) in [4.78, 5) is 10.2. The highest BCUT2D eigenvalue weighted by molar-refractivity contribution is 5.53. The smallest absolute Gasteiger partial charge is 0.123 e. The predicted molar refractivity (Wildman–Crippen MR) is 39.3 cm³/mol. The Hall–Kier alpha value is -0.590. The maximum absolute atomic E-state index is 10.2. The molecule has 0 aliphatic rings. The topological polar surface area (TPSA) is 17.1 Å². The number of allylic oxidation sites excluding steroid dienone is 2. The minimum atomic E-state index is 0.237. The average molecular weight is 126 g/mol. The van der Waals surface area contributed by atoms with Crippen molar-refractivity contribution in [2.45, 2.75) is 26.7 Å². The van der Waals surface area contributed by atoms with Gasteiger partial charge in [0.05, 0.1) is 0 Å². The Labute approximate surface area is 56.8 Å². The van der Waals surface area contributed by atoms with Crippen LogP contribution in [-0.4, -0.2) is 6.29 Å². The molecule has 0 bridgehead atoms. The van der Waals surface area contributed by atoms with Gasteiger partial charge >= 0.3 is 0 Å². The van der Waals surface area contributed by atoms with Crippen molar-refractivity contribution in [3.05, 3.63) is 12.2 Å². The average Bonchev–Trinajstić information content (AvgIpc) is 1.91. The molecule has 0 N–H and O–H groups in total. The van der Waals surface area contributed by atoms with Crippen LogP contribution in [0.3, 0.4) is 0 Å². The zero-order valence-corrected chi connectivity index (χ0v) is 6.13. The molecule has 0 aromatic heterocycles. The lowest BCUT2D eigenvalue weighted by atomic mass is 10.0. The highest BCUT2D eigenvalue weighted by Crippen LogP contribution is 2.04. The van der Waals surface area contributed by atoms with Gasteiger partial charge in [-0.05, 0) is 19.8 Å². The van der Waals surface area contributed by atoms with Crippen LogP contribution in [0.2, 0.25) is 0 Å². The van der Waals surface area contributed by atoms with Crippen molar-refractivity contribution < 1.29 is 4.79 Å². The first-order valence-electron chi connectivity index (χ1n) is 3.41. The summed E-state index contributed by atoms with van der Waals surface area (Å²) in [6, 6.07) is 0. The van der Waals surface area contributed by atoms with Gasteiger partial charge in [0.15, 0.2) is 0 Å². The van der Waals surface area contributed by atoms with Gasteiger partial charge in [-0.25, -0.2) is 0 Å². The third-order valence-corrected chi connectivity index (χ3v) is 1.39. The molecule has 9 heavy (non-hydrogen) atoms. The van der Waals surface area contributed by atoms with Gasteiger partial charge in [0.2, 0.25) is 0 Å². The Morgan fingerprint density at radius 1 is 1.56 bits per heavy atom. The Morgan fingerprint density at radius 3 is 2.56 bits per heavy atom. The number of hydrogen-bond acceptors (Lipinski definition) is 1. The van der Waals surface area contributed by atoms with Crippen molar-refractivity contribution in [1.82, 2.24) is 0 Å². The van der Waals surface area contributed by atoms with Crippen molar-refractivity contribution >= 4 is 6.29 Å². The number of carbonyl (C=O) groups is 1. The minimum Gasteiger partial charge on any atom is -0.303 e. The molecule has 0 amide bonds. The van der Waals surface area contributed by atoms with Gasteiger partial charge in [-0.3, -0.25) is 0 Å². The van der Waals surface area contributed by atoms with E-state index in [4.69, 9.17) is 0 Å². The van der Waals surface area contributed by atoms with Crippen LogP contribution in [0.5, 0.6) is 0 Å². The summed E-state index contributed by atoms with van der Waals surface area (Å²) in [5.74, 6) is 0.237. The van der Waals surface area contributed by atoms with Gasteiger partial charge in [-0.1, -0.05) is 19.1 Å². The highest BCUT2D eigenvalue weighted by Gasteiger charge is 1.98. The zero-order valence-electron chi connectivity index (χ0n) is 6.13. The summed E-state index contributed by atoms with van der Waals surface area (Å²) in [5, 5.41) is 0. The third-order valence-electron chi connectivity index (χ3n) is 1.39. The molecule has 52 valence electrons. The summed E-state index contributed by atoms with van der Waals surface area (Å²) in [6.45, 7) is 4.00. The Bertz CT molecular complexity index is 94.7. The normalized spacial score (nSPS) is 14.0. The molecule has 0 aliphatic heterocycles. The number of rotatable bonds is 4. The van der Waals surface area contributed by atoms with Crippen molar-refractivity contribution in [1.29, 1.82) is 0 Å². The van der Waals surface area contributed by atoms with E-state index in [1.54, 1.807) is 0 Å². The third kappa shape index (κ3) is 3.95. The summed E-state index contributed by atoms with van der Waals surface area (Å²) in [5.41, 5.74) is 0. The maximum atomic E-state index is 10.2. The summed E-state index contributed by atoms with van der Waals surface area (Å²) < 4.78 is 0. The van der Waals surface area contributed by atoms with E-state index in [0.29, 0.717) is 0 Å². The lowest BCUT2D eigenvalue weighted by Gasteiger charge is -1.99. The van der Waals surface area contributed by atoms with Crippen molar-refractivity contribution in [3.63, 3.8) is 0 Å². The van der Waals surface area contributed by atoms with Crippen LogP contribution in [0.15, 0.2) is 12.2 Å². The molecular formula is C8H14O. The first kappa shape index (κ1) is 8.41. The second kappa shape index (κ2) is 5.54. The molecule has 0 aliphatic carbocycles. The van der Waals surface area contributed by atoms with E-state index in [9.17, 15) is 4.79 Å². The van der Waals surface area contributed by atoms with Crippen LogP contribution in [0, 0.1) is 5.92 Å². The zero-order chi connectivity index (χ0) is 7.11. The largest absolute Gasteiger partial charge is 0.303 e. The van der Waals surface area contributed by atoms with E-state index in [1.807, 2.05) is 26.0 Å². The number of aldehydes is 1. The molecule has 0 spiro atoms. The molecule has 0 aromatic rings. The fourth-order valence-electron chi connectivity index (χ4n) is 0.629. The minimum absolute atomic E-state index is 0.237. The molecule has 0 heterocycles. The molecule has 0 radical (unpaired) electrons. The first-order valence-corrected chi connectivity index (χ1v) is 3.41. The molecule has 0 fully saturated rings. The molecule has 1 nitrogen and oxygen atoms in total. The standard InChI is InChI=1S/C8H14O/c1-3-5-6-8(4-2)7-9/h3,5,7-8H,4,6H2,1-2H3/b5-3+. The molecule has 1 atom stereocenters. The van der Waals surface area contributed by atoms with E-state index in [1.165, 1.54) is 0 Å². The van der Waals surface area contributed by atoms with Crippen LogP contribution in [0.25, 0.3) is 0 Å². The van der Waals surface area contributed by atoms with Gasteiger partial charge in [-0.2, -0.15) is 0 Å². The molecule has 0 saturated heterocycles. The van der Waals surface area contributed by atoms with Crippen LogP contribution in [0.1, 0.15) is 26.7 Å². The van der Waals surface area contributed by atoms with Crippen LogP contribution in [-0.2, 0) is 4.79 Å². The number of hydrogen-bond donors (Lipinski definition) is 0. The second-order valence-electron chi connectivity index (χ2n) is 2.11. The van der Waals surface area contributed by atoms with E-state index >= 15 is 0 Å². The van der Waals surface area contributed by atoms with Gasteiger partial charge in [0.25, 0.3) is 0 Å². The molecular weight excluding hydrogens is 112 g/mol. The first-order chi connectivity index (χ1) is 4.35. The molecule has 0 rings (SSSR count). The van der Waals surface area contributed by atoms with E-state index in [2.05, 4.69) is 0 Å². The van der Waals surface area contributed by atoms with Crippen molar-refractivity contribution in [2.24, 2.45) is 5.92 Å². The Balaban J connectivity index is 3.42. The van der Waals surface area contributed by atoms with Crippen LogP contribution < -0.4 is 0 Å². The van der Waals surface area contributed by atoms with Crippen molar-refractivity contribution in [2.75, 3.05) is 0 Å². The number of carbonyl (C=O) groups excluding carboxylic acids is 1.